The van der Waals surface area contributed by atoms with Gasteiger partial charge in [-0.25, -0.2) is 4.98 Å². The van der Waals surface area contributed by atoms with E-state index in [0.717, 1.165) is 5.13 Å². The Hall–Kier alpha value is -1.34. The van der Waals surface area contributed by atoms with Crippen molar-refractivity contribution in [1.29, 1.82) is 0 Å². The van der Waals surface area contributed by atoms with Gasteiger partial charge in [-0.2, -0.15) is 0 Å². The van der Waals surface area contributed by atoms with Gasteiger partial charge in [0.25, 0.3) is 5.91 Å². The first-order chi connectivity index (χ1) is 8.06. The lowest BCUT2D eigenvalue weighted by Gasteiger charge is -2.05. The molecule has 0 aliphatic rings. The Balaban J connectivity index is 2.56. The van der Waals surface area contributed by atoms with Gasteiger partial charge in [-0.15, -0.1) is 0 Å². The van der Waals surface area contributed by atoms with Crippen molar-refractivity contribution in [2.75, 3.05) is 44.5 Å². The Kier molecular flexibility index (Phi) is 5.17. The van der Waals surface area contributed by atoms with Crippen molar-refractivity contribution in [2.24, 2.45) is 0 Å². The van der Waals surface area contributed by atoms with Crippen molar-refractivity contribution in [3.63, 3.8) is 0 Å². The molecular weight excluding hydrogens is 240 g/mol. The van der Waals surface area contributed by atoms with E-state index in [0.29, 0.717) is 24.6 Å². The van der Waals surface area contributed by atoms with Gasteiger partial charge in [-0.05, 0) is 6.92 Å². The Morgan fingerprint density at radius 3 is 2.82 bits per heavy atom. The van der Waals surface area contributed by atoms with Crippen LogP contribution in [-0.2, 0) is 4.74 Å². The smallest absolute Gasteiger partial charge is 0.265 e. The molecule has 6 nitrogen and oxygen atoms in total. The van der Waals surface area contributed by atoms with Crippen LogP contribution < -0.4 is 16.0 Å². The van der Waals surface area contributed by atoms with Crippen LogP contribution in [0.4, 0.5) is 10.9 Å². The van der Waals surface area contributed by atoms with Crippen LogP contribution in [0.25, 0.3) is 0 Å². The minimum Gasteiger partial charge on any atom is -0.382 e. The summed E-state index contributed by atoms with van der Waals surface area (Å²) in [6.45, 7) is 3.53. The van der Waals surface area contributed by atoms with Crippen LogP contribution >= 0.6 is 11.3 Å². The molecule has 0 atom stereocenters. The van der Waals surface area contributed by atoms with Crippen molar-refractivity contribution in [1.82, 2.24) is 10.3 Å². The van der Waals surface area contributed by atoms with E-state index in [4.69, 9.17) is 10.5 Å². The van der Waals surface area contributed by atoms with Crippen molar-refractivity contribution in [3.8, 4) is 0 Å². The van der Waals surface area contributed by atoms with E-state index in [9.17, 15) is 4.79 Å². The Morgan fingerprint density at radius 1 is 1.59 bits per heavy atom. The van der Waals surface area contributed by atoms with Crippen LogP contribution in [0.15, 0.2) is 0 Å². The number of nitrogens with one attached hydrogen (secondary N) is 1. The summed E-state index contributed by atoms with van der Waals surface area (Å²) in [5.74, 6) is 0.0698. The molecule has 1 aromatic heterocycles. The molecule has 0 fully saturated rings. The van der Waals surface area contributed by atoms with Crippen LogP contribution in [0.1, 0.15) is 16.6 Å². The fourth-order valence-corrected chi connectivity index (χ4v) is 1.96. The minimum atomic E-state index is -0.201. The van der Waals surface area contributed by atoms with E-state index in [2.05, 4.69) is 10.3 Å². The quantitative estimate of drug-likeness (QED) is 0.729. The van der Waals surface area contributed by atoms with E-state index in [1.807, 2.05) is 25.9 Å². The van der Waals surface area contributed by atoms with Crippen LogP contribution in [0, 0.1) is 0 Å². The van der Waals surface area contributed by atoms with Gasteiger partial charge >= 0.3 is 0 Å². The number of amides is 1. The molecule has 17 heavy (non-hydrogen) atoms. The topological polar surface area (TPSA) is 80.5 Å². The lowest BCUT2D eigenvalue weighted by molar-refractivity contribution is 0.0927. The molecule has 96 valence electrons. The number of carbonyl (C=O) groups excluding carboxylic acids is 1. The number of nitrogen functional groups attached to an aromatic ring is 1. The maximum Gasteiger partial charge on any atom is 0.265 e. The van der Waals surface area contributed by atoms with E-state index >= 15 is 0 Å². The Morgan fingerprint density at radius 2 is 2.29 bits per heavy atom. The first kappa shape index (κ1) is 13.7. The fourth-order valence-electron chi connectivity index (χ4n) is 1.14. The van der Waals surface area contributed by atoms with Gasteiger partial charge < -0.3 is 20.7 Å². The largest absolute Gasteiger partial charge is 0.382 e. The summed E-state index contributed by atoms with van der Waals surface area (Å²) in [7, 11) is 3.71. The molecule has 0 unspecified atom stereocenters. The Bertz CT molecular complexity index is 378. The first-order valence-electron chi connectivity index (χ1n) is 5.35. The molecule has 0 aliphatic heterocycles. The summed E-state index contributed by atoms with van der Waals surface area (Å²) in [5, 5.41) is 3.45. The second kappa shape index (κ2) is 6.41. The molecule has 1 amide bonds. The van der Waals surface area contributed by atoms with Crippen LogP contribution in [0.5, 0.6) is 0 Å². The highest BCUT2D eigenvalue weighted by Crippen LogP contribution is 2.26. The maximum atomic E-state index is 11.8. The number of thiazole rings is 1. The van der Waals surface area contributed by atoms with Crippen LogP contribution in [0.2, 0.25) is 0 Å². The third-order valence-corrected chi connectivity index (χ3v) is 3.20. The molecule has 0 saturated carbocycles. The van der Waals surface area contributed by atoms with Gasteiger partial charge in [0.1, 0.15) is 10.7 Å². The van der Waals surface area contributed by atoms with Gasteiger partial charge in [0, 0.05) is 27.2 Å². The molecule has 7 heteroatoms. The van der Waals surface area contributed by atoms with Crippen molar-refractivity contribution in [3.05, 3.63) is 4.88 Å². The van der Waals surface area contributed by atoms with Crippen molar-refractivity contribution >= 4 is 28.2 Å². The number of carbonyl (C=O) groups is 1. The molecule has 1 aromatic rings. The molecule has 0 spiro atoms. The summed E-state index contributed by atoms with van der Waals surface area (Å²) in [6, 6.07) is 0. The van der Waals surface area contributed by atoms with Crippen molar-refractivity contribution < 1.29 is 9.53 Å². The van der Waals surface area contributed by atoms with Gasteiger partial charge in [0.05, 0.1) is 6.61 Å². The van der Waals surface area contributed by atoms with E-state index in [1.54, 1.807) is 0 Å². The predicted octanol–water partition coefficient (Wildman–Crippen LogP) is 0.558. The van der Waals surface area contributed by atoms with Gasteiger partial charge in [-0.1, -0.05) is 11.3 Å². The number of hydrogen-bond acceptors (Lipinski definition) is 6. The summed E-state index contributed by atoms with van der Waals surface area (Å²) in [5.41, 5.74) is 5.69. The number of ether oxygens (including phenoxy) is 1. The van der Waals surface area contributed by atoms with Crippen molar-refractivity contribution in [2.45, 2.75) is 6.92 Å². The third kappa shape index (κ3) is 3.86. The third-order valence-electron chi connectivity index (χ3n) is 1.97. The lowest BCUT2D eigenvalue weighted by Crippen LogP contribution is -2.27. The van der Waals surface area contributed by atoms with Crippen LogP contribution in [-0.4, -0.2) is 44.7 Å². The molecule has 0 aromatic carbocycles. The summed E-state index contributed by atoms with van der Waals surface area (Å²) < 4.78 is 5.13. The van der Waals surface area contributed by atoms with E-state index < -0.39 is 0 Å². The number of hydrogen-bond donors (Lipinski definition) is 2. The van der Waals surface area contributed by atoms with E-state index in [-0.39, 0.29) is 11.7 Å². The fraction of sp³-hybridized carbons (Fsp3) is 0.600. The first-order valence-corrected chi connectivity index (χ1v) is 6.17. The zero-order chi connectivity index (χ0) is 12.8. The van der Waals surface area contributed by atoms with Gasteiger partial charge in [0.2, 0.25) is 0 Å². The average Bonchev–Trinajstić information content (AvgIpc) is 2.67. The number of aromatic nitrogens is 1. The number of anilines is 2. The average molecular weight is 258 g/mol. The summed E-state index contributed by atoms with van der Waals surface area (Å²) in [6.07, 6.45) is 0. The summed E-state index contributed by atoms with van der Waals surface area (Å²) in [4.78, 5) is 18.1. The molecule has 0 radical (unpaired) electrons. The van der Waals surface area contributed by atoms with Crippen LogP contribution in [0.3, 0.4) is 0 Å². The highest BCUT2D eigenvalue weighted by molar-refractivity contribution is 7.18. The van der Waals surface area contributed by atoms with Gasteiger partial charge in [-0.3, -0.25) is 4.79 Å². The number of rotatable bonds is 6. The zero-order valence-corrected chi connectivity index (χ0v) is 11.1. The van der Waals surface area contributed by atoms with Gasteiger partial charge in [0.15, 0.2) is 5.13 Å². The minimum absolute atomic E-state index is 0.201. The standard InChI is InChI=1S/C10H18N4O2S/c1-4-16-6-5-12-9(15)7-8(11)13-10(17-7)14(2)3/h4-6,11H2,1-3H3,(H,12,15). The predicted molar refractivity (Wildman–Crippen MR) is 69.7 cm³/mol. The molecule has 1 rings (SSSR count). The molecular formula is C10H18N4O2S. The molecule has 3 N–H and O–H groups in total. The zero-order valence-electron chi connectivity index (χ0n) is 10.3. The second-order valence-corrected chi connectivity index (χ2v) is 4.54. The highest BCUT2D eigenvalue weighted by atomic mass is 32.1. The second-order valence-electron chi connectivity index (χ2n) is 3.56. The molecule has 0 bridgehead atoms. The normalized spacial score (nSPS) is 10.3. The molecule has 0 saturated heterocycles. The number of nitrogens with two attached hydrogens (primary N) is 1. The maximum absolute atomic E-state index is 11.8. The molecule has 1 heterocycles. The highest BCUT2D eigenvalue weighted by Gasteiger charge is 2.16. The summed E-state index contributed by atoms with van der Waals surface area (Å²) >= 11 is 1.28. The SMILES string of the molecule is CCOCCNC(=O)c1sc(N(C)C)nc1N. The monoisotopic (exact) mass is 258 g/mol. The Labute approximate surface area is 105 Å². The molecule has 0 aliphatic carbocycles. The lowest BCUT2D eigenvalue weighted by atomic mass is 10.4. The van der Waals surface area contributed by atoms with E-state index in [1.165, 1.54) is 11.3 Å². The number of nitrogens with zero attached hydrogens (tertiary/aromatic N) is 2.